The van der Waals surface area contributed by atoms with E-state index in [1.807, 2.05) is 0 Å². The SMILES string of the molecule is CN[C@@H]1[C@@H](O)[C@H](NC)[C@H]2O[C@@]3(O)C(=O)C[C@@H](C)O[C@H]3O[C@@H]2[C@H]1O. The van der Waals surface area contributed by atoms with E-state index in [9.17, 15) is 20.1 Å². The molecular formula is C14H24N2O7. The Hall–Kier alpha value is -0.650. The average molecular weight is 332 g/mol. The van der Waals surface area contributed by atoms with Crippen molar-refractivity contribution in [1.29, 1.82) is 0 Å². The van der Waals surface area contributed by atoms with Gasteiger partial charge in [-0.1, -0.05) is 0 Å². The molecule has 0 radical (unpaired) electrons. The van der Waals surface area contributed by atoms with Gasteiger partial charge in [0.25, 0.3) is 5.79 Å². The average Bonchev–Trinajstić information content (AvgIpc) is 2.49. The number of nitrogens with one attached hydrogen (secondary N) is 2. The van der Waals surface area contributed by atoms with Crippen LogP contribution in [0.5, 0.6) is 0 Å². The summed E-state index contributed by atoms with van der Waals surface area (Å²) in [5.74, 6) is -2.76. The summed E-state index contributed by atoms with van der Waals surface area (Å²) in [5, 5.41) is 37.2. The Morgan fingerprint density at radius 3 is 2.35 bits per heavy atom. The molecule has 0 aromatic rings. The first-order valence-electron chi connectivity index (χ1n) is 7.78. The zero-order valence-electron chi connectivity index (χ0n) is 13.3. The van der Waals surface area contributed by atoms with Crippen molar-refractivity contribution in [3.63, 3.8) is 0 Å². The number of carbonyl (C=O) groups excluding carboxylic acids is 1. The van der Waals surface area contributed by atoms with Gasteiger partial charge in [0.05, 0.1) is 24.3 Å². The number of ether oxygens (including phenoxy) is 3. The second-order valence-corrected chi connectivity index (χ2v) is 6.40. The molecule has 5 N–H and O–H groups in total. The standard InChI is InChI=1S/C14H24N2O7/c1-5-4-6(17)14(20)13(21-5)22-12-10(19)7(15-2)9(18)8(16-3)11(12)23-14/h5,7-13,15-16,18-20H,4H2,1-3H3/t5-,7-,8+,9-,10+,11-,12-,13+,14+/m1/s1. The summed E-state index contributed by atoms with van der Waals surface area (Å²) in [6.07, 6.45) is -5.58. The first-order chi connectivity index (χ1) is 10.8. The van der Waals surface area contributed by atoms with Crippen LogP contribution >= 0.6 is 0 Å². The smallest absolute Gasteiger partial charge is 0.280 e. The number of aliphatic hydroxyl groups is 3. The molecule has 0 spiro atoms. The summed E-state index contributed by atoms with van der Waals surface area (Å²) in [7, 11) is 3.24. The molecule has 3 aliphatic rings. The highest BCUT2D eigenvalue weighted by molar-refractivity contribution is 5.87. The minimum absolute atomic E-state index is 0.00220. The highest BCUT2D eigenvalue weighted by Gasteiger charge is 2.63. The highest BCUT2D eigenvalue weighted by atomic mass is 16.8. The minimum atomic E-state index is -2.23. The van der Waals surface area contributed by atoms with Gasteiger partial charge in [-0.2, -0.15) is 0 Å². The minimum Gasteiger partial charge on any atom is -0.390 e. The topological polar surface area (TPSA) is 130 Å². The molecule has 132 valence electrons. The Morgan fingerprint density at radius 2 is 1.74 bits per heavy atom. The van der Waals surface area contributed by atoms with Crippen molar-refractivity contribution in [2.45, 2.75) is 68.0 Å². The number of Topliss-reactive ketones (excluding diaryl/α,β-unsaturated/α-hetero) is 1. The molecule has 3 fully saturated rings. The molecule has 1 aliphatic carbocycles. The van der Waals surface area contributed by atoms with Crippen LogP contribution < -0.4 is 10.6 Å². The van der Waals surface area contributed by atoms with Crippen LogP contribution in [0.25, 0.3) is 0 Å². The van der Waals surface area contributed by atoms with Crippen molar-refractivity contribution < 1.29 is 34.3 Å². The first-order valence-corrected chi connectivity index (χ1v) is 7.78. The number of hydrogen-bond acceptors (Lipinski definition) is 9. The van der Waals surface area contributed by atoms with Gasteiger partial charge in [0.1, 0.15) is 18.3 Å². The summed E-state index contributed by atoms with van der Waals surface area (Å²) in [5.41, 5.74) is 0. The third-order valence-corrected chi connectivity index (χ3v) is 4.93. The Morgan fingerprint density at radius 1 is 1.09 bits per heavy atom. The van der Waals surface area contributed by atoms with Crippen molar-refractivity contribution in [2.24, 2.45) is 0 Å². The van der Waals surface area contributed by atoms with Gasteiger partial charge in [0.2, 0.25) is 6.29 Å². The second kappa shape index (κ2) is 6.01. The van der Waals surface area contributed by atoms with Gasteiger partial charge in [-0.3, -0.25) is 4.79 Å². The van der Waals surface area contributed by atoms with E-state index in [0.29, 0.717) is 0 Å². The van der Waals surface area contributed by atoms with Gasteiger partial charge < -0.3 is 40.2 Å². The molecule has 0 aromatic carbocycles. The molecule has 9 heteroatoms. The van der Waals surface area contributed by atoms with E-state index in [1.165, 1.54) is 0 Å². The number of hydrogen-bond donors (Lipinski definition) is 5. The van der Waals surface area contributed by atoms with Crippen LogP contribution in [-0.4, -0.2) is 89.9 Å². The van der Waals surface area contributed by atoms with E-state index >= 15 is 0 Å². The van der Waals surface area contributed by atoms with Crippen molar-refractivity contribution in [3.8, 4) is 0 Å². The quantitative estimate of drug-likeness (QED) is 0.361. The van der Waals surface area contributed by atoms with Crippen LogP contribution in [0.4, 0.5) is 0 Å². The lowest BCUT2D eigenvalue weighted by atomic mass is 9.80. The van der Waals surface area contributed by atoms with E-state index in [2.05, 4.69) is 10.6 Å². The largest absolute Gasteiger partial charge is 0.390 e. The second-order valence-electron chi connectivity index (χ2n) is 6.40. The fourth-order valence-corrected chi connectivity index (χ4v) is 3.68. The van der Waals surface area contributed by atoms with Crippen LogP contribution in [0.1, 0.15) is 13.3 Å². The Kier molecular flexibility index (Phi) is 4.49. The molecule has 0 bridgehead atoms. The molecule has 0 aromatic heterocycles. The predicted molar refractivity (Wildman–Crippen MR) is 76.4 cm³/mol. The molecule has 2 saturated heterocycles. The van der Waals surface area contributed by atoms with Crippen LogP contribution in [0, 0.1) is 0 Å². The normalized spacial score (nSPS) is 53.6. The maximum absolute atomic E-state index is 12.2. The molecule has 9 nitrogen and oxygen atoms in total. The molecule has 2 aliphatic heterocycles. The summed E-state index contributed by atoms with van der Waals surface area (Å²) < 4.78 is 16.8. The Bertz CT molecular complexity index is 478. The third kappa shape index (κ3) is 2.52. The van der Waals surface area contributed by atoms with Gasteiger partial charge in [-0.25, -0.2) is 0 Å². The predicted octanol–water partition coefficient (Wildman–Crippen LogP) is -2.93. The van der Waals surface area contributed by atoms with Crippen molar-refractivity contribution in [3.05, 3.63) is 0 Å². The fourth-order valence-electron chi connectivity index (χ4n) is 3.68. The molecule has 3 rings (SSSR count). The molecule has 2 heterocycles. The molecule has 0 unspecified atom stereocenters. The number of rotatable bonds is 2. The number of likely N-dealkylation sites (N-methyl/N-ethyl adjacent to an activating group) is 2. The van der Waals surface area contributed by atoms with Crippen molar-refractivity contribution in [2.75, 3.05) is 14.1 Å². The number of fused-ring (bicyclic) bond motifs is 2. The summed E-state index contributed by atoms with van der Waals surface area (Å²) >= 11 is 0. The summed E-state index contributed by atoms with van der Waals surface area (Å²) in [6.45, 7) is 1.70. The maximum atomic E-state index is 12.2. The molecule has 0 amide bonds. The molecule has 9 atom stereocenters. The summed E-state index contributed by atoms with van der Waals surface area (Å²) in [4.78, 5) is 12.2. The molecule has 1 saturated carbocycles. The Labute approximate surface area is 133 Å². The third-order valence-electron chi connectivity index (χ3n) is 4.93. The Balaban J connectivity index is 1.92. The van der Waals surface area contributed by atoms with Crippen molar-refractivity contribution in [1.82, 2.24) is 10.6 Å². The van der Waals surface area contributed by atoms with Gasteiger partial charge in [0, 0.05) is 6.42 Å². The lowest BCUT2D eigenvalue weighted by molar-refractivity contribution is -0.420. The van der Waals surface area contributed by atoms with Crippen molar-refractivity contribution >= 4 is 5.78 Å². The lowest BCUT2D eigenvalue weighted by Crippen LogP contribution is -2.77. The van der Waals surface area contributed by atoms with Gasteiger partial charge in [-0.15, -0.1) is 0 Å². The van der Waals surface area contributed by atoms with E-state index in [1.54, 1.807) is 21.0 Å². The zero-order chi connectivity index (χ0) is 16.9. The molecule has 23 heavy (non-hydrogen) atoms. The molecular weight excluding hydrogens is 308 g/mol. The monoisotopic (exact) mass is 332 g/mol. The lowest BCUT2D eigenvalue weighted by Gasteiger charge is -2.55. The summed E-state index contributed by atoms with van der Waals surface area (Å²) in [6, 6.07) is -1.29. The van der Waals surface area contributed by atoms with Crippen LogP contribution in [0.2, 0.25) is 0 Å². The van der Waals surface area contributed by atoms with Crippen LogP contribution in [0.15, 0.2) is 0 Å². The van der Waals surface area contributed by atoms with E-state index in [4.69, 9.17) is 14.2 Å². The first kappa shape index (κ1) is 17.2. The fraction of sp³-hybridized carbons (Fsp3) is 0.929. The maximum Gasteiger partial charge on any atom is 0.280 e. The van der Waals surface area contributed by atoms with E-state index in [0.717, 1.165) is 0 Å². The highest BCUT2D eigenvalue weighted by Crippen LogP contribution is 2.40. The van der Waals surface area contributed by atoms with Gasteiger partial charge >= 0.3 is 0 Å². The van der Waals surface area contributed by atoms with E-state index < -0.39 is 60.5 Å². The number of aliphatic hydroxyl groups excluding tert-OH is 2. The van der Waals surface area contributed by atoms with Crippen LogP contribution in [0.3, 0.4) is 0 Å². The number of carbonyl (C=O) groups is 1. The van der Waals surface area contributed by atoms with Gasteiger partial charge in [0.15, 0.2) is 5.78 Å². The number of ketones is 1. The zero-order valence-corrected chi connectivity index (χ0v) is 13.3. The van der Waals surface area contributed by atoms with E-state index in [-0.39, 0.29) is 6.42 Å². The van der Waals surface area contributed by atoms with Gasteiger partial charge in [-0.05, 0) is 21.0 Å². The van der Waals surface area contributed by atoms with Crippen LogP contribution in [-0.2, 0) is 19.0 Å².